The summed E-state index contributed by atoms with van der Waals surface area (Å²) in [7, 11) is 1.55. The van der Waals surface area contributed by atoms with Crippen LogP contribution >= 0.6 is 0 Å². The van der Waals surface area contributed by atoms with Crippen molar-refractivity contribution < 1.29 is 19.3 Å². The van der Waals surface area contributed by atoms with E-state index in [-0.39, 0.29) is 25.9 Å². The van der Waals surface area contributed by atoms with Gasteiger partial charge < -0.3 is 20.3 Å². The van der Waals surface area contributed by atoms with Gasteiger partial charge in [-0.05, 0) is 49.2 Å². The minimum atomic E-state index is -1.12. The number of ether oxygens (including phenoxy) is 1. The van der Waals surface area contributed by atoms with Gasteiger partial charge in [0.25, 0.3) is 0 Å². The molecule has 3 aromatic rings. The summed E-state index contributed by atoms with van der Waals surface area (Å²) >= 11 is 0. The van der Waals surface area contributed by atoms with Crippen LogP contribution in [-0.4, -0.2) is 47.1 Å². The van der Waals surface area contributed by atoms with Crippen LogP contribution in [0.15, 0.2) is 54.6 Å². The van der Waals surface area contributed by atoms with Gasteiger partial charge in [0, 0.05) is 22.9 Å². The molecule has 0 radical (unpaired) electrons. The van der Waals surface area contributed by atoms with Crippen molar-refractivity contribution in [2.24, 2.45) is 0 Å². The Balaban J connectivity index is 0.00000256. The second-order valence-electron chi connectivity index (χ2n) is 7.66. The van der Waals surface area contributed by atoms with Crippen LogP contribution in [0.5, 0.6) is 5.88 Å². The van der Waals surface area contributed by atoms with Crippen LogP contribution in [-0.2, 0) is 0 Å². The lowest BCUT2D eigenvalue weighted by molar-refractivity contribution is -0.0261. The number of aliphatic hydroxyl groups is 2. The first-order valence-electron chi connectivity index (χ1n) is 9.80. The number of hydrogen-bond donors (Lipinski definition) is 3. The molecular weight excluding hydrogens is 383 g/mol. The molecule has 3 N–H and O–H groups in total. The molecule has 0 aliphatic carbocycles. The molecule has 2 aromatic carbocycles. The van der Waals surface area contributed by atoms with Gasteiger partial charge in [-0.3, -0.25) is 0 Å². The van der Waals surface area contributed by atoms with Crippen molar-refractivity contribution in [3.8, 4) is 5.88 Å². The fraction of sp³-hybridized carbons (Fsp3) is 0.375. The number of aliphatic hydroxyl groups excluding tert-OH is 1. The highest BCUT2D eigenvalue weighted by molar-refractivity contribution is 5.80. The maximum Gasteiger partial charge on any atom is 0.217 e. The summed E-state index contributed by atoms with van der Waals surface area (Å²) in [6, 6.07) is 15.8. The molecule has 0 saturated carbocycles. The lowest BCUT2D eigenvalue weighted by atomic mass is 9.71. The number of nitrogens with zero attached hydrogens (tertiary/aromatic N) is 1. The highest BCUT2D eigenvalue weighted by Gasteiger charge is 2.44. The molecule has 0 spiro atoms. The third-order valence-electron chi connectivity index (χ3n) is 5.76. The van der Waals surface area contributed by atoms with Crippen molar-refractivity contribution in [3.05, 3.63) is 71.5 Å². The van der Waals surface area contributed by atoms with Gasteiger partial charge in [0.15, 0.2) is 0 Å². The highest BCUT2D eigenvalue weighted by Crippen LogP contribution is 2.44. The molecule has 6 heteroatoms. The molecule has 1 saturated heterocycles. The molecule has 3 unspecified atom stereocenters. The minimum Gasteiger partial charge on any atom is -0.481 e. The van der Waals surface area contributed by atoms with E-state index in [2.05, 4.69) is 10.3 Å². The van der Waals surface area contributed by atoms with Crippen molar-refractivity contribution in [1.82, 2.24) is 10.3 Å². The summed E-state index contributed by atoms with van der Waals surface area (Å²) in [6.45, 7) is 0.533. The Bertz CT molecular complexity index is 998. The van der Waals surface area contributed by atoms with E-state index < -0.39 is 11.5 Å². The van der Waals surface area contributed by atoms with Gasteiger partial charge in [0.2, 0.25) is 5.88 Å². The number of nitrogens with one attached hydrogen (secondary N) is 1. The number of fused-ring (bicyclic) bond motifs is 1. The number of benzene rings is 2. The van der Waals surface area contributed by atoms with Crippen LogP contribution in [0, 0.1) is 5.82 Å². The average molecular weight is 413 g/mol. The molecule has 160 valence electrons. The Morgan fingerprint density at radius 2 is 2.00 bits per heavy atom. The quantitative estimate of drug-likeness (QED) is 0.597. The number of halogens is 1. The van der Waals surface area contributed by atoms with Gasteiger partial charge in [-0.25, -0.2) is 9.37 Å². The monoisotopic (exact) mass is 412 g/mol. The van der Waals surface area contributed by atoms with E-state index in [1.54, 1.807) is 13.2 Å². The Hall–Kier alpha value is -2.54. The van der Waals surface area contributed by atoms with E-state index in [0.29, 0.717) is 41.7 Å². The zero-order valence-electron chi connectivity index (χ0n) is 16.3. The third kappa shape index (κ3) is 4.17. The molecule has 1 aliphatic heterocycles. The van der Waals surface area contributed by atoms with Crippen LogP contribution in [0.2, 0.25) is 0 Å². The summed E-state index contributed by atoms with van der Waals surface area (Å²) in [5, 5.41) is 25.3. The van der Waals surface area contributed by atoms with Crippen molar-refractivity contribution in [2.45, 2.75) is 37.8 Å². The third-order valence-corrected chi connectivity index (χ3v) is 5.76. The molecule has 4 rings (SSSR count). The minimum absolute atomic E-state index is 0. The maximum absolute atomic E-state index is 13.9. The summed E-state index contributed by atoms with van der Waals surface area (Å²) in [5.41, 5.74) is 1.14. The lowest BCUT2D eigenvalue weighted by Crippen LogP contribution is -2.52. The Labute approximate surface area is 176 Å². The molecule has 2 heterocycles. The number of pyridine rings is 1. The standard InChI is InChI=1S/C23H25FN2O3.CH4/c1-29-22-19(12-16-11-17(24)7-8-20(16)26-22)21(15-5-3-2-4-6-15)23(28)9-10-25-18(13-23)14-27;/h2-8,11-12,18,21,25,27-28H,9-10,13-14H2,1H3;1H4. The Kier molecular flexibility index (Phi) is 6.71. The molecule has 0 amide bonds. The number of rotatable bonds is 5. The van der Waals surface area contributed by atoms with Gasteiger partial charge in [-0.15, -0.1) is 0 Å². The van der Waals surface area contributed by atoms with Crippen molar-refractivity contribution in [1.29, 1.82) is 0 Å². The number of piperidine rings is 1. The number of aromatic nitrogens is 1. The normalized spacial score (nSPS) is 22.3. The highest BCUT2D eigenvalue weighted by atomic mass is 19.1. The molecule has 1 aromatic heterocycles. The van der Waals surface area contributed by atoms with Crippen molar-refractivity contribution in [2.75, 3.05) is 20.3 Å². The topological polar surface area (TPSA) is 74.6 Å². The van der Waals surface area contributed by atoms with Crippen LogP contribution < -0.4 is 10.1 Å². The van der Waals surface area contributed by atoms with Crippen LogP contribution in [0.25, 0.3) is 10.9 Å². The van der Waals surface area contributed by atoms with Crippen LogP contribution in [0.4, 0.5) is 4.39 Å². The molecule has 30 heavy (non-hydrogen) atoms. The van der Waals surface area contributed by atoms with E-state index in [0.717, 1.165) is 5.56 Å². The average Bonchev–Trinajstić information content (AvgIpc) is 2.74. The second kappa shape index (κ2) is 9.08. The van der Waals surface area contributed by atoms with Gasteiger partial charge in [0.1, 0.15) is 5.82 Å². The van der Waals surface area contributed by atoms with Crippen LogP contribution in [0.3, 0.4) is 0 Å². The van der Waals surface area contributed by atoms with E-state index in [1.165, 1.54) is 12.1 Å². The smallest absolute Gasteiger partial charge is 0.217 e. The molecular formula is C24H29FN2O3. The van der Waals surface area contributed by atoms with Crippen molar-refractivity contribution >= 4 is 10.9 Å². The van der Waals surface area contributed by atoms with E-state index >= 15 is 0 Å². The van der Waals surface area contributed by atoms with Gasteiger partial charge in [-0.2, -0.15) is 0 Å². The van der Waals surface area contributed by atoms with Crippen LogP contribution in [0.1, 0.15) is 37.3 Å². The Morgan fingerprint density at radius 1 is 1.23 bits per heavy atom. The zero-order valence-corrected chi connectivity index (χ0v) is 16.3. The molecule has 0 bridgehead atoms. The van der Waals surface area contributed by atoms with E-state index in [9.17, 15) is 14.6 Å². The molecule has 5 nitrogen and oxygen atoms in total. The summed E-state index contributed by atoms with van der Waals surface area (Å²) in [5.74, 6) is -0.368. The predicted molar refractivity (Wildman–Crippen MR) is 116 cm³/mol. The summed E-state index contributed by atoms with van der Waals surface area (Å²) in [6.07, 6.45) is 0.890. The van der Waals surface area contributed by atoms with Gasteiger partial charge in [0.05, 0.1) is 24.8 Å². The number of hydrogen-bond acceptors (Lipinski definition) is 5. The van der Waals surface area contributed by atoms with E-state index in [1.807, 2.05) is 36.4 Å². The Morgan fingerprint density at radius 3 is 2.70 bits per heavy atom. The summed E-state index contributed by atoms with van der Waals surface area (Å²) in [4.78, 5) is 4.58. The predicted octanol–water partition coefficient (Wildman–Crippen LogP) is 3.63. The summed E-state index contributed by atoms with van der Waals surface area (Å²) < 4.78 is 19.5. The fourth-order valence-corrected chi connectivity index (χ4v) is 4.43. The van der Waals surface area contributed by atoms with E-state index in [4.69, 9.17) is 4.74 Å². The SMILES string of the molecule is C.COc1nc2ccc(F)cc2cc1C(c1ccccc1)C1(O)CCNC(CO)C1. The first-order valence-corrected chi connectivity index (χ1v) is 9.80. The zero-order chi connectivity index (χ0) is 20.4. The first kappa shape index (κ1) is 22.2. The van der Waals surface area contributed by atoms with Crippen molar-refractivity contribution in [3.63, 3.8) is 0 Å². The molecule has 3 atom stereocenters. The maximum atomic E-state index is 13.9. The fourth-order valence-electron chi connectivity index (χ4n) is 4.43. The first-order chi connectivity index (χ1) is 14.0. The largest absolute Gasteiger partial charge is 0.481 e. The lowest BCUT2D eigenvalue weighted by Gasteiger charge is -2.43. The molecule has 1 fully saturated rings. The van der Waals surface area contributed by atoms with Gasteiger partial charge in [-0.1, -0.05) is 37.8 Å². The number of methoxy groups -OCH3 is 1. The second-order valence-corrected chi connectivity index (χ2v) is 7.66. The van der Waals surface area contributed by atoms with Gasteiger partial charge >= 0.3 is 0 Å². The molecule has 1 aliphatic rings.